The Morgan fingerprint density at radius 3 is 2.59 bits per heavy atom. The minimum absolute atomic E-state index is 0.147. The number of nitrogens with one attached hydrogen (secondary N) is 2. The van der Waals surface area contributed by atoms with Crippen molar-refractivity contribution in [3.63, 3.8) is 0 Å². The molecule has 1 rings (SSSR count). The SMILES string of the molecule is CNc1ncnc(NC(C)C(CO)SC)c1C. The van der Waals surface area contributed by atoms with Crippen molar-refractivity contribution in [3.05, 3.63) is 11.9 Å². The molecule has 1 heterocycles. The highest BCUT2D eigenvalue weighted by atomic mass is 32.2. The molecule has 0 amide bonds. The van der Waals surface area contributed by atoms with Crippen molar-refractivity contribution in [2.45, 2.75) is 25.1 Å². The molecule has 0 saturated heterocycles. The van der Waals surface area contributed by atoms with E-state index >= 15 is 0 Å². The zero-order valence-electron chi connectivity index (χ0n) is 10.7. The first kappa shape index (κ1) is 14.1. The summed E-state index contributed by atoms with van der Waals surface area (Å²) in [6, 6.07) is 0.147. The lowest BCUT2D eigenvalue weighted by Gasteiger charge is -2.23. The Hall–Kier alpha value is -1.01. The highest BCUT2D eigenvalue weighted by Crippen LogP contribution is 2.20. The second-order valence-electron chi connectivity index (χ2n) is 3.84. The molecule has 0 saturated carbocycles. The van der Waals surface area contributed by atoms with Crippen molar-refractivity contribution in [1.29, 1.82) is 0 Å². The van der Waals surface area contributed by atoms with Gasteiger partial charge in [0.1, 0.15) is 18.0 Å². The molecule has 0 aliphatic carbocycles. The van der Waals surface area contributed by atoms with Gasteiger partial charge < -0.3 is 15.7 Å². The Kier molecular flexibility index (Phi) is 5.50. The van der Waals surface area contributed by atoms with Crippen LogP contribution in [0.2, 0.25) is 0 Å². The quantitative estimate of drug-likeness (QED) is 0.714. The first-order valence-corrected chi connectivity index (χ1v) is 6.82. The third-order valence-electron chi connectivity index (χ3n) is 2.73. The summed E-state index contributed by atoms with van der Waals surface area (Å²) in [7, 11) is 1.83. The number of nitrogens with zero attached hydrogens (tertiary/aromatic N) is 2. The van der Waals surface area contributed by atoms with Gasteiger partial charge in [0.15, 0.2) is 0 Å². The second-order valence-corrected chi connectivity index (χ2v) is 4.91. The van der Waals surface area contributed by atoms with Crippen molar-refractivity contribution in [2.75, 3.05) is 30.5 Å². The summed E-state index contributed by atoms with van der Waals surface area (Å²) in [6.45, 7) is 4.16. The minimum Gasteiger partial charge on any atom is -0.395 e. The molecular weight excluding hydrogens is 236 g/mol. The maximum atomic E-state index is 9.24. The maximum absolute atomic E-state index is 9.24. The molecule has 96 valence electrons. The largest absolute Gasteiger partial charge is 0.395 e. The van der Waals surface area contributed by atoms with E-state index in [1.807, 2.05) is 27.2 Å². The lowest BCUT2D eigenvalue weighted by atomic mass is 10.2. The van der Waals surface area contributed by atoms with Crippen LogP contribution in [0.25, 0.3) is 0 Å². The number of anilines is 2. The van der Waals surface area contributed by atoms with Crippen LogP contribution in [0.1, 0.15) is 12.5 Å². The molecule has 0 fully saturated rings. The van der Waals surface area contributed by atoms with E-state index in [-0.39, 0.29) is 17.9 Å². The van der Waals surface area contributed by atoms with Crippen LogP contribution >= 0.6 is 11.8 Å². The van der Waals surface area contributed by atoms with Crippen LogP contribution in [0.5, 0.6) is 0 Å². The van der Waals surface area contributed by atoms with Crippen LogP contribution in [-0.2, 0) is 0 Å². The maximum Gasteiger partial charge on any atom is 0.134 e. The molecule has 3 N–H and O–H groups in total. The molecule has 17 heavy (non-hydrogen) atoms. The predicted molar refractivity (Wildman–Crippen MR) is 73.8 cm³/mol. The van der Waals surface area contributed by atoms with E-state index in [2.05, 4.69) is 20.6 Å². The van der Waals surface area contributed by atoms with Gasteiger partial charge in [-0.25, -0.2) is 9.97 Å². The smallest absolute Gasteiger partial charge is 0.134 e. The number of hydrogen-bond acceptors (Lipinski definition) is 6. The molecule has 6 heteroatoms. The fourth-order valence-corrected chi connectivity index (χ4v) is 2.22. The number of aliphatic hydroxyl groups excluding tert-OH is 1. The number of aliphatic hydroxyl groups is 1. The summed E-state index contributed by atoms with van der Waals surface area (Å²) in [6.07, 6.45) is 3.52. The highest BCUT2D eigenvalue weighted by molar-refractivity contribution is 7.99. The average Bonchev–Trinajstić information content (AvgIpc) is 2.33. The van der Waals surface area contributed by atoms with Gasteiger partial charge in [-0.3, -0.25) is 0 Å². The summed E-state index contributed by atoms with van der Waals surface area (Å²) < 4.78 is 0. The molecule has 0 aromatic carbocycles. The van der Waals surface area contributed by atoms with Gasteiger partial charge in [0, 0.05) is 23.9 Å². The van der Waals surface area contributed by atoms with E-state index < -0.39 is 0 Å². The summed E-state index contributed by atoms with van der Waals surface area (Å²) in [4.78, 5) is 8.36. The molecule has 0 spiro atoms. The summed E-state index contributed by atoms with van der Waals surface area (Å²) >= 11 is 1.64. The molecule has 0 bridgehead atoms. The Balaban J connectivity index is 2.81. The van der Waals surface area contributed by atoms with Gasteiger partial charge in [0.05, 0.1) is 6.61 Å². The number of thioether (sulfide) groups is 1. The van der Waals surface area contributed by atoms with Crippen LogP contribution in [0.3, 0.4) is 0 Å². The van der Waals surface area contributed by atoms with E-state index in [9.17, 15) is 5.11 Å². The van der Waals surface area contributed by atoms with Gasteiger partial charge in [-0.2, -0.15) is 11.8 Å². The standard InChI is InChI=1S/C11H20N4OS/c1-7-10(12-3)13-6-14-11(7)15-8(2)9(5-16)17-4/h6,8-9,16H,5H2,1-4H3,(H2,12,13,14,15). The average molecular weight is 256 g/mol. The number of aromatic nitrogens is 2. The predicted octanol–water partition coefficient (Wildman–Crippen LogP) is 1.35. The summed E-state index contributed by atoms with van der Waals surface area (Å²) in [5.74, 6) is 1.63. The lowest BCUT2D eigenvalue weighted by molar-refractivity contribution is 0.288. The summed E-state index contributed by atoms with van der Waals surface area (Å²) in [5, 5.41) is 15.7. The van der Waals surface area contributed by atoms with Gasteiger partial charge in [-0.15, -0.1) is 0 Å². The van der Waals surface area contributed by atoms with Crippen LogP contribution in [0.4, 0.5) is 11.6 Å². The third kappa shape index (κ3) is 3.47. The Bertz CT molecular complexity index is 357. The molecule has 5 nitrogen and oxygen atoms in total. The molecule has 0 radical (unpaired) electrons. The molecule has 0 aliphatic rings. The Morgan fingerprint density at radius 1 is 1.41 bits per heavy atom. The first-order chi connectivity index (χ1) is 8.13. The van der Waals surface area contributed by atoms with Crippen LogP contribution in [0.15, 0.2) is 6.33 Å². The number of rotatable bonds is 6. The van der Waals surface area contributed by atoms with E-state index in [1.165, 1.54) is 6.33 Å². The van der Waals surface area contributed by atoms with Gasteiger partial charge in [-0.05, 0) is 20.1 Å². The molecule has 1 aromatic heterocycles. The Morgan fingerprint density at radius 2 is 2.06 bits per heavy atom. The van der Waals surface area contributed by atoms with E-state index in [1.54, 1.807) is 11.8 Å². The van der Waals surface area contributed by atoms with Crippen LogP contribution in [-0.4, -0.2) is 46.3 Å². The van der Waals surface area contributed by atoms with E-state index in [0.29, 0.717) is 0 Å². The van der Waals surface area contributed by atoms with Crippen molar-refractivity contribution < 1.29 is 5.11 Å². The van der Waals surface area contributed by atoms with Crippen LogP contribution < -0.4 is 10.6 Å². The van der Waals surface area contributed by atoms with Crippen molar-refractivity contribution in [3.8, 4) is 0 Å². The van der Waals surface area contributed by atoms with Gasteiger partial charge in [0.2, 0.25) is 0 Å². The van der Waals surface area contributed by atoms with Gasteiger partial charge in [-0.1, -0.05) is 0 Å². The molecule has 0 aliphatic heterocycles. The summed E-state index contributed by atoms with van der Waals surface area (Å²) in [5.41, 5.74) is 0.986. The second kappa shape index (κ2) is 6.66. The highest BCUT2D eigenvalue weighted by Gasteiger charge is 2.16. The van der Waals surface area contributed by atoms with Crippen molar-refractivity contribution in [1.82, 2.24) is 9.97 Å². The first-order valence-electron chi connectivity index (χ1n) is 5.53. The fourth-order valence-electron chi connectivity index (χ4n) is 1.59. The minimum atomic E-state index is 0.147. The van der Waals surface area contributed by atoms with E-state index in [0.717, 1.165) is 17.2 Å². The molecule has 2 atom stereocenters. The zero-order valence-corrected chi connectivity index (χ0v) is 11.5. The normalized spacial score (nSPS) is 14.2. The zero-order chi connectivity index (χ0) is 12.8. The fraction of sp³-hybridized carbons (Fsp3) is 0.636. The van der Waals surface area contributed by atoms with Crippen LogP contribution in [0, 0.1) is 6.92 Å². The molecular formula is C11H20N4OS. The van der Waals surface area contributed by atoms with E-state index in [4.69, 9.17) is 0 Å². The monoisotopic (exact) mass is 256 g/mol. The van der Waals surface area contributed by atoms with Crippen molar-refractivity contribution in [2.24, 2.45) is 0 Å². The topological polar surface area (TPSA) is 70.1 Å². The third-order valence-corrected chi connectivity index (χ3v) is 3.89. The molecule has 1 aromatic rings. The lowest BCUT2D eigenvalue weighted by Crippen LogP contribution is -2.31. The molecule has 2 unspecified atom stereocenters. The van der Waals surface area contributed by atoms with Crippen molar-refractivity contribution >= 4 is 23.4 Å². The number of hydrogen-bond donors (Lipinski definition) is 3. The van der Waals surface area contributed by atoms with Gasteiger partial charge in [0.25, 0.3) is 0 Å². The Labute approximate surface area is 106 Å². The van der Waals surface area contributed by atoms with Gasteiger partial charge >= 0.3 is 0 Å².